The van der Waals surface area contributed by atoms with E-state index in [2.05, 4.69) is 10.6 Å². The second kappa shape index (κ2) is 15.9. The van der Waals surface area contributed by atoms with Crippen LogP contribution < -0.4 is 16.4 Å². The summed E-state index contributed by atoms with van der Waals surface area (Å²) in [4.78, 5) is 45.3. The van der Waals surface area contributed by atoms with Gasteiger partial charge in [-0.2, -0.15) is 0 Å². The molecule has 49 heavy (non-hydrogen) atoms. The van der Waals surface area contributed by atoms with Crippen molar-refractivity contribution in [1.29, 1.82) is 5.41 Å². The van der Waals surface area contributed by atoms with Crippen LogP contribution in [0.3, 0.4) is 0 Å². The van der Waals surface area contributed by atoms with Crippen LogP contribution >= 0.6 is 0 Å². The number of nitrogens with zero attached hydrogens (tertiary/aromatic N) is 2. The lowest BCUT2D eigenvalue weighted by molar-refractivity contribution is -0.146. The Morgan fingerprint density at radius 1 is 0.980 bits per heavy atom. The number of benzene rings is 2. The third kappa shape index (κ3) is 8.61. The van der Waals surface area contributed by atoms with Gasteiger partial charge in [-0.05, 0) is 86.8 Å². The van der Waals surface area contributed by atoms with Crippen LogP contribution in [0.25, 0.3) is 0 Å². The van der Waals surface area contributed by atoms with Crippen molar-refractivity contribution in [3.63, 3.8) is 0 Å². The first-order chi connectivity index (χ1) is 23.4. The number of hydrogen-bond donors (Lipinski definition) is 8. The average molecular weight is 681 g/mol. The molecule has 2 aromatic rings. The number of fused-ring (bicyclic) bond motifs is 1. The summed E-state index contributed by atoms with van der Waals surface area (Å²) in [7, 11) is 0. The zero-order valence-corrected chi connectivity index (χ0v) is 27.7. The number of hydrogen-bond acceptors (Lipinski definition) is 9. The molecule has 2 aliphatic heterocycles. The molecule has 9 N–H and O–H groups in total. The highest BCUT2D eigenvalue weighted by atomic mass is 16.5. The predicted molar refractivity (Wildman–Crippen MR) is 179 cm³/mol. The molecule has 0 aromatic heterocycles. The first kappa shape index (κ1) is 35.9. The number of carbonyl (C=O) groups is 3. The molecule has 266 valence electrons. The number of guanidine groups is 1. The molecule has 0 unspecified atom stereocenters. The molecule has 5 rings (SSSR count). The maximum absolute atomic E-state index is 14.7. The van der Waals surface area contributed by atoms with E-state index in [0.29, 0.717) is 56.4 Å². The number of aliphatic hydroxyl groups is 2. The number of rotatable bonds is 11. The minimum absolute atomic E-state index is 0.0180. The Labute approximate surface area is 285 Å². The quantitative estimate of drug-likeness (QED) is 0.123. The van der Waals surface area contributed by atoms with E-state index in [1.807, 2.05) is 6.92 Å². The summed E-state index contributed by atoms with van der Waals surface area (Å²) in [6.45, 7) is 2.68. The monoisotopic (exact) mass is 680 g/mol. The van der Waals surface area contributed by atoms with Gasteiger partial charge < -0.3 is 51.3 Å². The van der Waals surface area contributed by atoms with E-state index in [1.165, 1.54) is 29.2 Å². The molecule has 1 saturated carbocycles. The zero-order chi connectivity index (χ0) is 35.2. The van der Waals surface area contributed by atoms with E-state index in [1.54, 1.807) is 29.2 Å². The van der Waals surface area contributed by atoms with Gasteiger partial charge in [0.15, 0.2) is 12.2 Å². The molecule has 0 bridgehead atoms. The van der Waals surface area contributed by atoms with Gasteiger partial charge in [0, 0.05) is 32.0 Å². The van der Waals surface area contributed by atoms with Crippen molar-refractivity contribution >= 4 is 23.7 Å². The highest BCUT2D eigenvalue weighted by Crippen LogP contribution is 2.40. The SMILES string of the molecule is CCO[C@@H]1[C@@H](NC(=O)[C@H]2C[C@H]3CC[C@@H](O)C[C@H]3N2C(=O)[C@@H](Cc2ccc(O)cc2)NC(=O)[C@H](O)Cc2ccc(O)cc2)CCCN1C(=N)N. The average Bonchev–Trinajstić information content (AvgIpc) is 3.45. The van der Waals surface area contributed by atoms with Crippen LogP contribution in [0, 0.1) is 11.3 Å². The second-order valence-electron chi connectivity index (χ2n) is 13.3. The van der Waals surface area contributed by atoms with E-state index in [9.17, 15) is 34.8 Å². The molecule has 3 aliphatic rings. The Hall–Kier alpha value is -4.40. The first-order valence-electron chi connectivity index (χ1n) is 17.0. The number of phenols is 2. The van der Waals surface area contributed by atoms with Gasteiger partial charge in [0.05, 0.1) is 12.1 Å². The number of aliphatic hydroxyl groups excluding tert-OH is 2. The number of nitrogens with one attached hydrogen (secondary N) is 3. The van der Waals surface area contributed by atoms with E-state index in [-0.39, 0.29) is 48.5 Å². The Bertz CT molecular complexity index is 1470. The van der Waals surface area contributed by atoms with Gasteiger partial charge in [-0.15, -0.1) is 0 Å². The maximum Gasteiger partial charge on any atom is 0.249 e. The van der Waals surface area contributed by atoms with Crippen molar-refractivity contribution < 1.29 is 39.5 Å². The fraction of sp³-hybridized carbons (Fsp3) is 0.543. The number of phenolic OH excluding ortho intramolecular Hbond substituents is 2. The molecule has 14 heteroatoms. The molecule has 2 aromatic carbocycles. The molecule has 0 spiro atoms. The Morgan fingerprint density at radius 2 is 1.61 bits per heavy atom. The molecule has 8 atom stereocenters. The van der Waals surface area contributed by atoms with Crippen molar-refractivity contribution in [3.05, 3.63) is 59.7 Å². The number of likely N-dealkylation sites (tertiary alicyclic amines) is 2. The zero-order valence-electron chi connectivity index (χ0n) is 27.7. The van der Waals surface area contributed by atoms with Crippen molar-refractivity contribution in [1.82, 2.24) is 20.4 Å². The van der Waals surface area contributed by atoms with Gasteiger partial charge >= 0.3 is 0 Å². The number of carbonyl (C=O) groups excluding carboxylic acids is 3. The summed E-state index contributed by atoms with van der Waals surface area (Å²) in [5.41, 5.74) is 7.08. The molecule has 3 fully saturated rings. The van der Waals surface area contributed by atoms with E-state index >= 15 is 0 Å². The lowest BCUT2D eigenvalue weighted by atomic mass is 9.83. The maximum atomic E-state index is 14.7. The van der Waals surface area contributed by atoms with Gasteiger partial charge in [0.25, 0.3) is 0 Å². The fourth-order valence-corrected chi connectivity index (χ4v) is 7.47. The van der Waals surface area contributed by atoms with Crippen LogP contribution in [0.15, 0.2) is 48.5 Å². The van der Waals surface area contributed by atoms with Crippen LogP contribution in [-0.2, 0) is 32.0 Å². The largest absolute Gasteiger partial charge is 0.508 e. The topological polar surface area (TPSA) is 222 Å². The van der Waals surface area contributed by atoms with Gasteiger partial charge in [0.1, 0.15) is 29.7 Å². The van der Waals surface area contributed by atoms with Crippen molar-refractivity contribution in [2.24, 2.45) is 11.7 Å². The number of nitrogens with two attached hydrogens (primary N) is 1. The molecule has 1 aliphatic carbocycles. The summed E-state index contributed by atoms with van der Waals surface area (Å²) in [6.07, 6.45) is 0.256. The third-order valence-electron chi connectivity index (χ3n) is 9.90. The lowest BCUT2D eigenvalue weighted by Gasteiger charge is -2.42. The summed E-state index contributed by atoms with van der Waals surface area (Å²) in [5.74, 6) is -1.81. The van der Waals surface area contributed by atoms with Gasteiger partial charge in [-0.25, -0.2) is 0 Å². The van der Waals surface area contributed by atoms with Gasteiger partial charge in [-0.1, -0.05) is 24.3 Å². The minimum Gasteiger partial charge on any atom is -0.508 e. The molecule has 3 amide bonds. The number of piperidine rings is 1. The van der Waals surface area contributed by atoms with E-state index in [4.69, 9.17) is 15.9 Å². The number of aromatic hydroxyl groups is 2. The van der Waals surface area contributed by atoms with Gasteiger partial charge in [0.2, 0.25) is 17.7 Å². The van der Waals surface area contributed by atoms with Crippen molar-refractivity contribution in [2.45, 2.75) is 101 Å². The fourth-order valence-electron chi connectivity index (χ4n) is 7.47. The van der Waals surface area contributed by atoms with Crippen LogP contribution in [-0.4, -0.2) is 110 Å². The van der Waals surface area contributed by atoms with Crippen LogP contribution in [0.2, 0.25) is 0 Å². The first-order valence-corrected chi connectivity index (χ1v) is 17.0. The summed E-state index contributed by atoms with van der Waals surface area (Å²) in [5, 5.41) is 54.8. The van der Waals surface area contributed by atoms with Crippen molar-refractivity contribution in [2.75, 3.05) is 13.2 Å². The minimum atomic E-state index is -1.51. The number of ether oxygens (including phenoxy) is 1. The second-order valence-corrected chi connectivity index (χ2v) is 13.3. The molecule has 2 saturated heterocycles. The highest BCUT2D eigenvalue weighted by Gasteiger charge is 2.51. The van der Waals surface area contributed by atoms with E-state index < -0.39 is 54.4 Å². The summed E-state index contributed by atoms with van der Waals surface area (Å²) in [6, 6.07) is 9.27. The molecule has 0 radical (unpaired) electrons. The van der Waals surface area contributed by atoms with Crippen LogP contribution in [0.4, 0.5) is 0 Å². The normalized spacial score (nSPS) is 26.3. The summed E-state index contributed by atoms with van der Waals surface area (Å²) >= 11 is 0. The Balaban J connectivity index is 1.41. The third-order valence-corrected chi connectivity index (χ3v) is 9.90. The Morgan fingerprint density at radius 3 is 2.22 bits per heavy atom. The molecular weight excluding hydrogens is 632 g/mol. The molecule has 14 nitrogen and oxygen atoms in total. The lowest BCUT2D eigenvalue weighted by Crippen LogP contribution is -2.62. The molecular formula is C35H48N6O8. The predicted octanol–water partition coefficient (Wildman–Crippen LogP) is 0.696. The standard InChI is InChI=1S/C35H48N6O8/c1-2-49-34-26(4-3-15-40(34)35(36)37)38-31(46)29-18-22-9-14-25(44)19-28(22)41(29)33(48)27(16-20-5-10-23(42)11-6-20)39-32(47)30(45)17-21-7-12-24(43)13-8-21/h5-8,10-13,22,25-30,34,42-45H,2-4,9,14-19H2,1H3,(H3,36,37)(H,38,46)(H,39,47)/t22-,25-,26+,27-,28-,29-,30-,34-/m1/s1. The van der Waals surface area contributed by atoms with E-state index in [0.717, 1.165) is 0 Å². The van der Waals surface area contributed by atoms with Crippen LogP contribution in [0.1, 0.15) is 56.6 Å². The van der Waals surface area contributed by atoms with Crippen LogP contribution in [0.5, 0.6) is 11.5 Å². The van der Waals surface area contributed by atoms with Gasteiger partial charge in [-0.3, -0.25) is 19.8 Å². The smallest absolute Gasteiger partial charge is 0.249 e. The number of amides is 3. The van der Waals surface area contributed by atoms with Crippen molar-refractivity contribution in [3.8, 4) is 11.5 Å². The summed E-state index contributed by atoms with van der Waals surface area (Å²) < 4.78 is 5.92. The Kier molecular flexibility index (Phi) is 11.6. The molecule has 2 heterocycles. The highest BCUT2D eigenvalue weighted by molar-refractivity contribution is 5.94.